The molecule has 3 aromatic heterocycles. The van der Waals surface area contributed by atoms with Crippen LogP contribution in [0.3, 0.4) is 0 Å². The average Bonchev–Trinajstić information content (AvgIpc) is 3.87. The summed E-state index contributed by atoms with van der Waals surface area (Å²) in [6, 6.07) is 43.7. The van der Waals surface area contributed by atoms with Gasteiger partial charge in [-0.05, 0) is 120 Å². The van der Waals surface area contributed by atoms with E-state index >= 15 is 0 Å². The number of terminal acetylenes is 1. The minimum Gasteiger partial charge on any atom is -0.460 e. The molecular formula is C49H33NO2. The molecule has 3 heterocycles. The number of nitrogens with zero attached hydrogens (tertiary/aromatic N) is 1. The maximum absolute atomic E-state index is 6.36. The molecule has 0 amide bonds. The average molecular weight is 668 g/mol. The molecule has 0 fully saturated rings. The second-order valence-electron chi connectivity index (χ2n) is 13.5. The second-order valence-corrected chi connectivity index (χ2v) is 13.5. The second kappa shape index (κ2) is 11.9. The maximum atomic E-state index is 6.36. The summed E-state index contributed by atoms with van der Waals surface area (Å²) in [5.74, 6) is 3.72. The number of hydrogen-bond acceptors (Lipinski definition) is 2. The lowest BCUT2D eigenvalue weighted by Crippen LogP contribution is -1.94. The van der Waals surface area contributed by atoms with Crippen molar-refractivity contribution in [3.8, 4) is 45.7 Å². The number of rotatable bonds is 5. The summed E-state index contributed by atoms with van der Waals surface area (Å²) in [6.07, 6.45) is 17.9. The van der Waals surface area contributed by atoms with E-state index in [4.69, 9.17) is 15.3 Å². The van der Waals surface area contributed by atoms with Crippen LogP contribution in [0, 0.1) is 12.3 Å². The van der Waals surface area contributed by atoms with Gasteiger partial charge in [0.05, 0.1) is 11.0 Å². The summed E-state index contributed by atoms with van der Waals surface area (Å²) < 4.78 is 14.8. The molecule has 3 nitrogen and oxygen atoms in total. The van der Waals surface area contributed by atoms with Gasteiger partial charge in [0.15, 0.2) is 0 Å². The molecule has 52 heavy (non-hydrogen) atoms. The lowest BCUT2D eigenvalue weighted by molar-refractivity contribution is 0.546. The Hall–Kier alpha value is -6.76. The summed E-state index contributed by atoms with van der Waals surface area (Å²) in [6.45, 7) is 2.04. The lowest BCUT2D eigenvalue weighted by Gasteiger charge is -2.09. The smallest absolute Gasteiger partial charge is 0.135 e. The lowest BCUT2D eigenvalue weighted by atomic mass is 9.96. The number of allylic oxidation sites excluding steroid dienone is 5. The van der Waals surface area contributed by atoms with Gasteiger partial charge in [-0.3, -0.25) is 0 Å². The quantitative estimate of drug-likeness (QED) is 0.135. The van der Waals surface area contributed by atoms with Crippen molar-refractivity contribution in [2.45, 2.75) is 19.8 Å². The highest BCUT2D eigenvalue weighted by Gasteiger charge is 2.17. The summed E-state index contributed by atoms with van der Waals surface area (Å²) in [5.41, 5.74) is 14.3. The largest absolute Gasteiger partial charge is 0.460 e. The molecule has 0 saturated heterocycles. The highest BCUT2D eigenvalue weighted by Crippen LogP contribution is 2.39. The molecule has 0 N–H and O–H groups in total. The van der Waals surface area contributed by atoms with Crippen LogP contribution in [0.5, 0.6) is 0 Å². The molecule has 0 aliphatic heterocycles. The molecule has 1 aliphatic carbocycles. The Bertz CT molecular complexity index is 3040. The summed E-state index contributed by atoms with van der Waals surface area (Å²) >= 11 is 0. The summed E-state index contributed by atoms with van der Waals surface area (Å²) in [7, 11) is 0. The predicted molar refractivity (Wildman–Crippen MR) is 218 cm³/mol. The first-order chi connectivity index (χ1) is 25.7. The molecule has 0 unspecified atom stereocenters. The third kappa shape index (κ3) is 4.77. The monoisotopic (exact) mass is 667 g/mol. The van der Waals surface area contributed by atoms with E-state index in [0.29, 0.717) is 0 Å². The van der Waals surface area contributed by atoms with Crippen molar-refractivity contribution in [1.82, 2.24) is 4.57 Å². The van der Waals surface area contributed by atoms with E-state index in [9.17, 15) is 0 Å². The number of furan rings is 2. The molecule has 246 valence electrons. The van der Waals surface area contributed by atoms with Crippen LogP contribution in [0.1, 0.15) is 24.7 Å². The Morgan fingerprint density at radius 3 is 1.90 bits per heavy atom. The van der Waals surface area contributed by atoms with E-state index in [1.807, 2.05) is 13.0 Å². The van der Waals surface area contributed by atoms with Crippen LogP contribution in [0.15, 0.2) is 154 Å². The SMILES string of the molecule is C#C/C=C\C(=C/C)n1c2ccccc2c2cc(-c3ccc4oc5ccc(-c6cccc(-c7ccc8oc9c(c8c7)C=CCC9)c6)cc5c4c3)ccc21. The maximum Gasteiger partial charge on any atom is 0.135 e. The van der Waals surface area contributed by atoms with Crippen molar-refractivity contribution < 1.29 is 8.83 Å². The molecule has 9 aromatic rings. The van der Waals surface area contributed by atoms with Gasteiger partial charge in [-0.2, -0.15) is 0 Å². The summed E-state index contributed by atoms with van der Waals surface area (Å²) in [5, 5.41) is 5.79. The van der Waals surface area contributed by atoms with Gasteiger partial charge in [0.25, 0.3) is 0 Å². The van der Waals surface area contributed by atoms with Crippen LogP contribution >= 0.6 is 0 Å². The number of aryl methyl sites for hydroxylation is 1. The molecule has 0 saturated carbocycles. The summed E-state index contributed by atoms with van der Waals surface area (Å²) in [4.78, 5) is 0. The van der Waals surface area contributed by atoms with E-state index in [1.165, 1.54) is 38.4 Å². The first-order valence-corrected chi connectivity index (χ1v) is 17.8. The van der Waals surface area contributed by atoms with Crippen LogP contribution < -0.4 is 0 Å². The third-order valence-corrected chi connectivity index (χ3v) is 10.5. The molecular weight excluding hydrogens is 635 g/mol. The Kier molecular flexibility index (Phi) is 6.91. The standard InChI is InChI=1S/C49H33NO2/c1-3-5-13-37(4-2)50-44-16-8-6-14-38(44)40-27-33(18-22-45(40)50)36-21-25-49-43(30-36)42-29-35(20-24-48(42)52-49)32-12-10-11-31(26-32)34-19-23-47-41(28-34)39-15-7-9-17-46(39)51-47/h1,4-8,10-16,18-30H,9,17H2,2H3/b13-5-,37-4+. The number of para-hydroxylation sites is 1. The van der Waals surface area contributed by atoms with Gasteiger partial charge < -0.3 is 13.4 Å². The molecule has 10 rings (SSSR count). The fourth-order valence-corrected chi connectivity index (χ4v) is 8.01. The number of aromatic nitrogens is 1. The van der Waals surface area contributed by atoms with Crippen molar-refractivity contribution in [3.05, 3.63) is 157 Å². The molecule has 1 aliphatic rings. The van der Waals surface area contributed by atoms with Crippen molar-refractivity contribution >= 4 is 66.5 Å². The predicted octanol–water partition coefficient (Wildman–Crippen LogP) is 13.5. The zero-order valence-electron chi connectivity index (χ0n) is 28.7. The van der Waals surface area contributed by atoms with E-state index in [0.717, 1.165) is 79.5 Å². The molecule has 6 aromatic carbocycles. The molecule has 3 heteroatoms. The van der Waals surface area contributed by atoms with Crippen molar-refractivity contribution in [3.63, 3.8) is 0 Å². The van der Waals surface area contributed by atoms with Crippen LogP contribution in [-0.4, -0.2) is 4.57 Å². The number of benzene rings is 6. The first kappa shape index (κ1) is 30.1. The van der Waals surface area contributed by atoms with Crippen LogP contribution in [0.25, 0.3) is 99.9 Å². The van der Waals surface area contributed by atoms with Crippen molar-refractivity contribution in [2.24, 2.45) is 0 Å². The highest BCUT2D eigenvalue weighted by atomic mass is 16.3. The van der Waals surface area contributed by atoms with E-state index in [1.54, 1.807) is 6.08 Å². The normalized spacial score (nSPS) is 13.3. The number of fused-ring (bicyclic) bond motifs is 9. The van der Waals surface area contributed by atoms with Crippen LogP contribution in [0.2, 0.25) is 0 Å². The van der Waals surface area contributed by atoms with Crippen LogP contribution in [-0.2, 0) is 6.42 Å². The van der Waals surface area contributed by atoms with Gasteiger partial charge >= 0.3 is 0 Å². The highest BCUT2D eigenvalue weighted by molar-refractivity contribution is 6.12. The first-order valence-electron chi connectivity index (χ1n) is 17.8. The minimum absolute atomic E-state index is 0.881. The van der Waals surface area contributed by atoms with Gasteiger partial charge in [0, 0.05) is 44.6 Å². The Labute approximate surface area is 301 Å². The van der Waals surface area contributed by atoms with Gasteiger partial charge in [0.1, 0.15) is 22.5 Å². The molecule has 0 bridgehead atoms. The van der Waals surface area contributed by atoms with Crippen molar-refractivity contribution in [1.29, 1.82) is 0 Å². The third-order valence-electron chi connectivity index (χ3n) is 10.5. The van der Waals surface area contributed by atoms with E-state index in [-0.39, 0.29) is 0 Å². The fraction of sp³-hybridized carbons (Fsp3) is 0.0612. The van der Waals surface area contributed by atoms with Gasteiger partial charge in [-0.25, -0.2) is 0 Å². The Morgan fingerprint density at radius 2 is 1.21 bits per heavy atom. The molecule has 0 spiro atoms. The molecule has 0 atom stereocenters. The van der Waals surface area contributed by atoms with E-state index < -0.39 is 0 Å². The Balaban J connectivity index is 1.05. The minimum atomic E-state index is 0.881. The van der Waals surface area contributed by atoms with Crippen LogP contribution in [0.4, 0.5) is 0 Å². The molecule has 0 radical (unpaired) electrons. The van der Waals surface area contributed by atoms with Gasteiger partial charge in [-0.1, -0.05) is 84.8 Å². The number of hydrogen-bond donors (Lipinski definition) is 0. The van der Waals surface area contributed by atoms with E-state index in [2.05, 4.69) is 150 Å². The Morgan fingerprint density at radius 1 is 0.615 bits per heavy atom. The van der Waals surface area contributed by atoms with Gasteiger partial charge in [-0.15, -0.1) is 6.42 Å². The zero-order valence-corrected chi connectivity index (χ0v) is 28.7. The fourth-order valence-electron chi connectivity index (χ4n) is 8.01. The topological polar surface area (TPSA) is 31.2 Å². The zero-order chi connectivity index (χ0) is 34.8. The van der Waals surface area contributed by atoms with Crippen molar-refractivity contribution in [2.75, 3.05) is 0 Å². The van der Waals surface area contributed by atoms with Gasteiger partial charge in [0.2, 0.25) is 0 Å².